The van der Waals surface area contributed by atoms with E-state index in [1.807, 2.05) is 0 Å². The molecule has 5 nitrogen and oxygen atoms in total. The van der Waals surface area contributed by atoms with Crippen molar-refractivity contribution in [1.82, 2.24) is 10.9 Å². The van der Waals surface area contributed by atoms with E-state index in [0.29, 0.717) is 12.1 Å². The number of hydrogen-bond donors (Lipinski definition) is 4. The van der Waals surface area contributed by atoms with Crippen LogP contribution in [0.15, 0.2) is 23.2 Å². The highest BCUT2D eigenvalue weighted by Gasteiger charge is 2.31. The van der Waals surface area contributed by atoms with Gasteiger partial charge in [0.05, 0.1) is 11.3 Å². The number of hydrogen-bond acceptors (Lipinski definition) is 5. The van der Waals surface area contributed by atoms with Crippen LogP contribution in [0.25, 0.3) is 0 Å². The fourth-order valence-corrected chi connectivity index (χ4v) is 1.33. The topological polar surface area (TPSA) is 74.5 Å². The number of aliphatic imine (C=N–C) groups is 1. The number of hydrazine groups is 1. The Kier molecular flexibility index (Phi) is 3.09. The summed E-state index contributed by atoms with van der Waals surface area (Å²) in [5, 5.41) is 2.37. The van der Waals surface area contributed by atoms with Crippen LogP contribution in [0, 0.1) is 5.82 Å². The lowest BCUT2D eigenvalue weighted by molar-refractivity contribution is -0.137. The number of benzene rings is 1. The van der Waals surface area contributed by atoms with Crippen molar-refractivity contribution >= 4 is 11.6 Å². The maximum atomic E-state index is 13.3. The predicted molar refractivity (Wildman–Crippen MR) is 56.7 cm³/mol. The maximum absolute atomic E-state index is 13.3. The second kappa shape index (κ2) is 4.42. The number of anilines is 1. The molecule has 5 N–H and O–H groups in total. The highest BCUT2D eigenvalue weighted by atomic mass is 19.4. The Morgan fingerprint density at radius 2 is 2.06 bits per heavy atom. The third-order valence-corrected chi connectivity index (χ3v) is 2.15. The van der Waals surface area contributed by atoms with Crippen molar-refractivity contribution in [3.8, 4) is 0 Å². The lowest BCUT2D eigenvalue weighted by Gasteiger charge is -2.11. The van der Waals surface area contributed by atoms with Crippen molar-refractivity contribution < 1.29 is 17.6 Å². The van der Waals surface area contributed by atoms with Crippen LogP contribution >= 0.6 is 0 Å². The first-order valence-corrected chi connectivity index (χ1v) is 4.85. The van der Waals surface area contributed by atoms with Gasteiger partial charge >= 0.3 is 6.18 Å². The first-order chi connectivity index (χ1) is 8.36. The van der Waals surface area contributed by atoms with Crippen LogP contribution in [-0.2, 0) is 6.18 Å². The van der Waals surface area contributed by atoms with E-state index in [-0.39, 0.29) is 11.6 Å². The molecular weight excluding hydrogens is 254 g/mol. The Hall–Kier alpha value is -1.87. The summed E-state index contributed by atoms with van der Waals surface area (Å²) in [6.45, 7) is 0. The van der Waals surface area contributed by atoms with Gasteiger partial charge in [-0.15, -0.1) is 0 Å². The molecular formula is C9H9F4N5. The van der Waals surface area contributed by atoms with Crippen LogP contribution in [0.2, 0.25) is 0 Å². The summed E-state index contributed by atoms with van der Waals surface area (Å²) in [5.74, 6) is -0.784. The highest BCUT2D eigenvalue weighted by molar-refractivity contribution is 5.94. The van der Waals surface area contributed by atoms with Crippen molar-refractivity contribution in [1.29, 1.82) is 0 Å². The molecule has 0 bridgehead atoms. The number of rotatable bonds is 1. The molecule has 0 amide bonds. The third kappa shape index (κ3) is 2.68. The maximum Gasteiger partial charge on any atom is 0.416 e. The van der Waals surface area contributed by atoms with Crippen molar-refractivity contribution in [2.24, 2.45) is 10.7 Å². The second-order valence-corrected chi connectivity index (χ2v) is 3.51. The fourth-order valence-electron chi connectivity index (χ4n) is 1.33. The Bertz CT molecular complexity index is 484. The van der Waals surface area contributed by atoms with E-state index in [0.717, 1.165) is 6.07 Å². The summed E-state index contributed by atoms with van der Waals surface area (Å²) in [6.07, 6.45) is -5.27. The molecule has 1 aliphatic rings. The van der Waals surface area contributed by atoms with Crippen molar-refractivity contribution in [2.75, 3.05) is 5.32 Å². The Morgan fingerprint density at radius 1 is 1.33 bits per heavy atom. The molecule has 1 heterocycles. The SMILES string of the molecule is NC1N=C(Nc2cc(C(F)(F)F)ccc2F)NN1. The molecule has 0 radical (unpaired) electrons. The van der Waals surface area contributed by atoms with Gasteiger partial charge in [0.1, 0.15) is 5.82 Å². The number of nitrogens with one attached hydrogen (secondary N) is 3. The average Bonchev–Trinajstić information content (AvgIpc) is 2.66. The number of halogens is 4. The van der Waals surface area contributed by atoms with E-state index in [4.69, 9.17) is 5.73 Å². The molecule has 0 spiro atoms. The van der Waals surface area contributed by atoms with Crippen molar-refractivity contribution in [3.05, 3.63) is 29.6 Å². The molecule has 0 fully saturated rings. The molecule has 1 atom stereocenters. The highest BCUT2D eigenvalue weighted by Crippen LogP contribution is 2.31. The standard InChI is InChI=1S/C9H9F4N5/c10-5-2-1-4(9(11,12)13)3-6(5)15-8-16-7(14)17-18-8/h1-3,7,17H,14H2,(H2,15,16,18). The molecule has 98 valence electrons. The van der Waals surface area contributed by atoms with Crippen LogP contribution < -0.4 is 21.9 Å². The smallest absolute Gasteiger partial charge is 0.323 e. The molecule has 2 rings (SSSR count). The second-order valence-electron chi connectivity index (χ2n) is 3.51. The first kappa shape index (κ1) is 12.6. The summed E-state index contributed by atoms with van der Waals surface area (Å²) in [6, 6.07) is 2.05. The molecule has 0 aromatic heterocycles. The number of guanidine groups is 1. The Morgan fingerprint density at radius 3 is 2.61 bits per heavy atom. The summed E-state index contributed by atoms with van der Waals surface area (Å²) >= 11 is 0. The monoisotopic (exact) mass is 263 g/mol. The zero-order valence-corrected chi connectivity index (χ0v) is 8.85. The Balaban J connectivity index is 2.25. The minimum absolute atomic E-state index is 0.0423. The average molecular weight is 263 g/mol. The van der Waals surface area contributed by atoms with E-state index < -0.39 is 23.8 Å². The summed E-state index contributed by atoms with van der Waals surface area (Å²) < 4.78 is 50.7. The zero-order valence-electron chi connectivity index (χ0n) is 8.85. The minimum atomic E-state index is -4.54. The van der Waals surface area contributed by atoms with Gasteiger partial charge in [-0.05, 0) is 18.2 Å². The van der Waals surface area contributed by atoms with Crippen LogP contribution in [-0.4, -0.2) is 12.2 Å². The molecule has 0 aliphatic carbocycles. The van der Waals surface area contributed by atoms with Crippen molar-refractivity contribution in [3.63, 3.8) is 0 Å². The zero-order chi connectivity index (χ0) is 13.3. The summed E-state index contributed by atoms with van der Waals surface area (Å²) in [5.41, 5.74) is 8.97. The van der Waals surface area contributed by atoms with Crippen LogP contribution in [0.5, 0.6) is 0 Å². The molecule has 0 saturated heterocycles. The molecule has 1 unspecified atom stereocenters. The van der Waals surface area contributed by atoms with Crippen LogP contribution in [0.3, 0.4) is 0 Å². The number of nitrogens with zero attached hydrogens (tertiary/aromatic N) is 1. The fraction of sp³-hybridized carbons (Fsp3) is 0.222. The summed E-state index contributed by atoms with van der Waals surface area (Å²) in [4.78, 5) is 3.73. The van der Waals surface area contributed by atoms with E-state index in [1.54, 1.807) is 0 Å². The molecule has 1 aromatic rings. The molecule has 1 aromatic carbocycles. The third-order valence-electron chi connectivity index (χ3n) is 2.15. The number of alkyl halides is 3. The van der Waals surface area contributed by atoms with Crippen molar-refractivity contribution in [2.45, 2.75) is 12.5 Å². The largest absolute Gasteiger partial charge is 0.416 e. The van der Waals surface area contributed by atoms with Gasteiger partial charge in [0.2, 0.25) is 5.96 Å². The van der Waals surface area contributed by atoms with Gasteiger partial charge in [0, 0.05) is 0 Å². The van der Waals surface area contributed by atoms with E-state index in [1.165, 1.54) is 0 Å². The van der Waals surface area contributed by atoms with Crippen LogP contribution in [0.4, 0.5) is 23.2 Å². The molecule has 9 heteroatoms. The van der Waals surface area contributed by atoms with Gasteiger partial charge in [-0.2, -0.15) is 18.6 Å². The van der Waals surface area contributed by atoms with Gasteiger partial charge in [-0.3, -0.25) is 11.2 Å². The molecule has 18 heavy (non-hydrogen) atoms. The summed E-state index contributed by atoms with van der Waals surface area (Å²) in [7, 11) is 0. The van der Waals surface area contributed by atoms with Gasteiger partial charge in [0.25, 0.3) is 0 Å². The van der Waals surface area contributed by atoms with Crippen LogP contribution in [0.1, 0.15) is 5.56 Å². The van der Waals surface area contributed by atoms with E-state index in [2.05, 4.69) is 21.2 Å². The van der Waals surface area contributed by atoms with E-state index >= 15 is 0 Å². The lowest BCUT2D eigenvalue weighted by Crippen LogP contribution is -2.41. The quantitative estimate of drug-likeness (QED) is 0.569. The van der Waals surface area contributed by atoms with Gasteiger partial charge in [-0.1, -0.05) is 0 Å². The Labute approximate surface area is 99.0 Å². The number of nitrogens with two attached hydrogens (primary N) is 1. The van der Waals surface area contributed by atoms with E-state index in [9.17, 15) is 17.6 Å². The molecule has 1 aliphatic heterocycles. The first-order valence-electron chi connectivity index (χ1n) is 4.85. The molecule has 0 saturated carbocycles. The minimum Gasteiger partial charge on any atom is -0.323 e. The van der Waals surface area contributed by atoms with Gasteiger partial charge in [0.15, 0.2) is 6.29 Å². The van der Waals surface area contributed by atoms with Gasteiger partial charge in [-0.25, -0.2) is 9.38 Å². The van der Waals surface area contributed by atoms with Gasteiger partial charge < -0.3 is 5.32 Å². The lowest BCUT2D eigenvalue weighted by atomic mass is 10.2. The predicted octanol–water partition coefficient (Wildman–Crippen LogP) is 0.962. The normalized spacial score (nSPS) is 19.4.